The fourth-order valence-corrected chi connectivity index (χ4v) is 1.23. The first-order chi connectivity index (χ1) is 5.81. The van der Waals surface area contributed by atoms with Gasteiger partial charge in [0.05, 0.1) is 24.5 Å². The number of aryl methyl sites for hydroxylation is 1. The fourth-order valence-electron chi connectivity index (χ4n) is 1.23. The van der Waals surface area contributed by atoms with Gasteiger partial charge in [0, 0.05) is 13.1 Å². The van der Waals surface area contributed by atoms with Crippen LogP contribution < -0.4 is 4.74 Å². The molecule has 0 radical (unpaired) electrons. The Labute approximate surface area is 70.6 Å². The SMILES string of the molecule is COc1ccc2ncn(C)c2c1. The van der Waals surface area contributed by atoms with Crippen LogP contribution in [0, 0.1) is 0 Å². The van der Waals surface area contributed by atoms with Crippen molar-refractivity contribution in [2.45, 2.75) is 0 Å². The smallest absolute Gasteiger partial charge is 0.121 e. The highest BCUT2D eigenvalue weighted by Gasteiger charge is 1.99. The molecule has 0 bridgehead atoms. The third-order valence-corrected chi connectivity index (χ3v) is 1.93. The standard InChI is InChI=1S/C9H10N2O/c1-11-6-10-8-4-3-7(12-2)5-9(8)11/h3-6H,1-2H3. The predicted molar refractivity (Wildman–Crippen MR) is 47.3 cm³/mol. The number of fused-ring (bicyclic) bond motifs is 1. The highest BCUT2D eigenvalue weighted by molar-refractivity contribution is 5.76. The summed E-state index contributed by atoms with van der Waals surface area (Å²) in [6.45, 7) is 0. The van der Waals surface area contributed by atoms with E-state index in [2.05, 4.69) is 4.98 Å². The zero-order valence-corrected chi connectivity index (χ0v) is 7.11. The van der Waals surface area contributed by atoms with Gasteiger partial charge < -0.3 is 9.30 Å². The number of imidazole rings is 1. The third-order valence-electron chi connectivity index (χ3n) is 1.93. The van der Waals surface area contributed by atoms with Gasteiger partial charge in [-0.2, -0.15) is 0 Å². The molecule has 0 saturated carbocycles. The van der Waals surface area contributed by atoms with Crippen molar-refractivity contribution in [2.75, 3.05) is 7.11 Å². The van der Waals surface area contributed by atoms with E-state index in [0.717, 1.165) is 16.8 Å². The van der Waals surface area contributed by atoms with Gasteiger partial charge in [-0.25, -0.2) is 4.98 Å². The molecule has 0 fully saturated rings. The van der Waals surface area contributed by atoms with Crippen LogP contribution in [0.5, 0.6) is 5.75 Å². The quantitative estimate of drug-likeness (QED) is 0.636. The predicted octanol–water partition coefficient (Wildman–Crippen LogP) is 1.58. The third kappa shape index (κ3) is 0.942. The fraction of sp³-hybridized carbons (Fsp3) is 0.222. The maximum atomic E-state index is 5.11. The van der Waals surface area contributed by atoms with Gasteiger partial charge in [0.2, 0.25) is 0 Å². The average molecular weight is 162 g/mol. The van der Waals surface area contributed by atoms with Gasteiger partial charge in [0.15, 0.2) is 0 Å². The van der Waals surface area contributed by atoms with Crippen LogP contribution >= 0.6 is 0 Å². The van der Waals surface area contributed by atoms with E-state index in [1.807, 2.05) is 29.8 Å². The number of aromatic nitrogens is 2. The molecular formula is C9H10N2O. The molecular weight excluding hydrogens is 152 g/mol. The molecule has 1 aromatic carbocycles. The molecule has 62 valence electrons. The lowest BCUT2D eigenvalue weighted by Crippen LogP contribution is -1.86. The van der Waals surface area contributed by atoms with Gasteiger partial charge in [-0.05, 0) is 12.1 Å². The highest BCUT2D eigenvalue weighted by Crippen LogP contribution is 2.18. The van der Waals surface area contributed by atoms with Crippen molar-refractivity contribution >= 4 is 11.0 Å². The molecule has 3 nitrogen and oxygen atoms in total. The number of hydrogen-bond acceptors (Lipinski definition) is 2. The molecule has 0 atom stereocenters. The largest absolute Gasteiger partial charge is 0.497 e. The first-order valence-corrected chi connectivity index (χ1v) is 3.76. The minimum Gasteiger partial charge on any atom is -0.497 e. The lowest BCUT2D eigenvalue weighted by Gasteiger charge is -1.99. The number of rotatable bonds is 1. The van der Waals surface area contributed by atoms with Crippen LogP contribution in [-0.4, -0.2) is 16.7 Å². The van der Waals surface area contributed by atoms with E-state index in [1.54, 1.807) is 13.4 Å². The van der Waals surface area contributed by atoms with Gasteiger partial charge in [0.1, 0.15) is 5.75 Å². The van der Waals surface area contributed by atoms with E-state index >= 15 is 0 Å². The molecule has 0 unspecified atom stereocenters. The second kappa shape index (κ2) is 2.52. The second-order valence-electron chi connectivity index (χ2n) is 2.71. The van der Waals surface area contributed by atoms with Crippen LogP contribution in [0.3, 0.4) is 0 Å². The van der Waals surface area contributed by atoms with Crippen LogP contribution in [0.4, 0.5) is 0 Å². The molecule has 2 rings (SSSR count). The van der Waals surface area contributed by atoms with Crippen LogP contribution in [0.15, 0.2) is 24.5 Å². The number of methoxy groups -OCH3 is 1. The minimum atomic E-state index is 0.867. The van der Waals surface area contributed by atoms with E-state index in [4.69, 9.17) is 4.74 Å². The summed E-state index contributed by atoms with van der Waals surface area (Å²) in [5.41, 5.74) is 2.09. The molecule has 1 aromatic heterocycles. The van der Waals surface area contributed by atoms with E-state index in [1.165, 1.54) is 0 Å². The summed E-state index contributed by atoms with van der Waals surface area (Å²) in [6.07, 6.45) is 1.80. The van der Waals surface area contributed by atoms with Crippen molar-refractivity contribution in [3.8, 4) is 5.75 Å². The Bertz CT molecular complexity index is 406. The van der Waals surface area contributed by atoms with Gasteiger partial charge in [0.25, 0.3) is 0 Å². The van der Waals surface area contributed by atoms with Crippen LogP contribution in [-0.2, 0) is 7.05 Å². The molecule has 0 saturated heterocycles. The molecule has 0 N–H and O–H groups in total. The summed E-state index contributed by atoms with van der Waals surface area (Å²) >= 11 is 0. The molecule has 2 aromatic rings. The van der Waals surface area contributed by atoms with Gasteiger partial charge in [-0.3, -0.25) is 0 Å². The van der Waals surface area contributed by atoms with Crippen LogP contribution in [0.25, 0.3) is 11.0 Å². The lowest BCUT2D eigenvalue weighted by atomic mass is 10.3. The monoisotopic (exact) mass is 162 g/mol. The van der Waals surface area contributed by atoms with E-state index in [0.29, 0.717) is 0 Å². The summed E-state index contributed by atoms with van der Waals surface area (Å²) in [5.74, 6) is 0.867. The van der Waals surface area contributed by atoms with Crippen molar-refractivity contribution in [1.82, 2.24) is 9.55 Å². The van der Waals surface area contributed by atoms with E-state index in [9.17, 15) is 0 Å². The Morgan fingerprint density at radius 1 is 1.42 bits per heavy atom. The van der Waals surface area contributed by atoms with Gasteiger partial charge >= 0.3 is 0 Å². The average Bonchev–Trinajstić information content (AvgIpc) is 2.47. The zero-order valence-electron chi connectivity index (χ0n) is 7.11. The Balaban J connectivity index is 2.71. The number of hydrogen-bond donors (Lipinski definition) is 0. The summed E-state index contributed by atoms with van der Waals surface area (Å²) in [7, 11) is 3.63. The number of benzene rings is 1. The number of ether oxygens (including phenoxy) is 1. The van der Waals surface area contributed by atoms with Crippen molar-refractivity contribution in [3.63, 3.8) is 0 Å². The highest BCUT2D eigenvalue weighted by atomic mass is 16.5. The molecule has 12 heavy (non-hydrogen) atoms. The summed E-state index contributed by atoms with van der Waals surface area (Å²) in [4.78, 5) is 4.20. The van der Waals surface area contributed by atoms with Gasteiger partial charge in [-0.1, -0.05) is 0 Å². The molecule has 3 heteroatoms. The van der Waals surface area contributed by atoms with Crippen molar-refractivity contribution < 1.29 is 4.74 Å². The van der Waals surface area contributed by atoms with Gasteiger partial charge in [-0.15, -0.1) is 0 Å². The Morgan fingerprint density at radius 2 is 2.25 bits per heavy atom. The maximum absolute atomic E-state index is 5.11. The van der Waals surface area contributed by atoms with Crippen molar-refractivity contribution in [2.24, 2.45) is 7.05 Å². The summed E-state index contributed by atoms with van der Waals surface area (Å²) < 4.78 is 7.08. The van der Waals surface area contributed by atoms with Crippen molar-refractivity contribution in [1.29, 1.82) is 0 Å². The normalized spacial score (nSPS) is 10.5. The van der Waals surface area contributed by atoms with Crippen LogP contribution in [0.1, 0.15) is 0 Å². The zero-order chi connectivity index (χ0) is 8.55. The first kappa shape index (κ1) is 7.16. The molecule has 0 amide bonds. The Hall–Kier alpha value is -1.51. The molecule has 0 aliphatic heterocycles. The first-order valence-electron chi connectivity index (χ1n) is 3.76. The molecule has 0 spiro atoms. The molecule has 1 heterocycles. The summed E-state index contributed by atoms with van der Waals surface area (Å²) in [5, 5.41) is 0. The molecule has 0 aliphatic carbocycles. The Morgan fingerprint density at radius 3 is 3.00 bits per heavy atom. The van der Waals surface area contributed by atoms with Crippen LogP contribution in [0.2, 0.25) is 0 Å². The lowest BCUT2D eigenvalue weighted by molar-refractivity contribution is 0.415. The molecule has 0 aliphatic rings. The van der Waals surface area contributed by atoms with E-state index in [-0.39, 0.29) is 0 Å². The number of nitrogens with zero attached hydrogens (tertiary/aromatic N) is 2. The summed E-state index contributed by atoms with van der Waals surface area (Å²) in [6, 6.07) is 5.84. The second-order valence-corrected chi connectivity index (χ2v) is 2.71. The van der Waals surface area contributed by atoms with E-state index < -0.39 is 0 Å². The minimum absolute atomic E-state index is 0.867. The topological polar surface area (TPSA) is 27.1 Å². The van der Waals surface area contributed by atoms with Crippen molar-refractivity contribution in [3.05, 3.63) is 24.5 Å². The Kier molecular flexibility index (Phi) is 1.50. The maximum Gasteiger partial charge on any atom is 0.121 e.